The number of carboxylic acid groups (broad SMARTS) is 1. The first-order chi connectivity index (χ1) is 10.4. The number of nitrogens with zero attached hydrogens (tertiary/aromatic N) is 1. The summed E-state index contributed by atoms with van der Waals surface area (Å²) in [6.07, 6.45) is 1.91. The number of aryl methyl sites for hydroxylation is 1. The van der Waals surface area contributed by atoms with Gasteiger partial charge in [0.05, 0.1) is 16.6 Å². The van der Waals surface area contributed by atoms with Crippen molar-refractivity contribution in [3.63, 3.8) is 0 Å². The lowest BCUT2D eigenvalue weighted by molar-refractivity contribution is -0.140. The molecule has 2 unspecified atom stereocenters. The van der Waals surface area contributed by atoms with Crippen molar-refractivity contribution < 1.29 is 14.7 Å². The van der Waals surface area contributed by atoms with Crippen LogP contribution in [0.5, 0.6) is 0 Å². The number of rotatable bonds is 5. The van der Waals surface area contributed by atoms with E-state index < -0.39 is 17.9 Å². The molecule has 2 aromatic heterocycles. The highest BCUT2D eigenvalue weighted by Crippen LogP contribution is 2.26. The molecule has 0 aliphatic heterocycles. The maximum Gasteiger partial charge on any atom is 0.326 e. The van der Waals surface area contributed by atoms with Crippen LogP contribution in [-0.4, -0.2) is 33.0 Å². The molecule has 2 aromatic rings. The minimum absolute atomic E-state index is 0.197. The summed E-state index contributed by atoms with van der Waals surface area (Å²) in [4.78, 5) is 42.8. The second-order valence-electron chi connectivity index (χ2n) is 5.14. The van der Waals surface area contributed by atoms with Gasteiger partial charge >= 0.3 is 5.97 Å². The van der Waals surface area contributed by atoms with E-state index in [-0.39, 0.29) is 11.5 Å². The molecule has 0 saturated heterocycles. The number of nitrogens with one attached hydrogen (secondary N) is 2. The number of H-pyrrole nitrogens is 1. The Kier molecular flexibility index (Phi) is 4.60. The molecule has 2 atom stereocenters. The van der Waals surface area contributed by atoms with Crippen LogP contribution >= 0.6 is 11.3 Å². The highest BCUT2D eigenvalue weighted by atomic mass is 32.1. The number of carboxylic acids is 1. The van der Waals surface area contributed by atoms with Crippen LogP contribution in [0.3, 0.4) is 0 Å². The summed E-state index contributed by atoms with van der Waals surface area (Å²) in [5, 5.41) is 12.2. The summed E-state index contributed by atoms with van der Waals surface area (Å²) in [7, 11) is 0. The van der Waals surface area contributed by atoms with E-state index in [9.17, 15) is 19.5 Å². The van der Waals surface area contributed by atoms with E-state index in [1.54, 1.807) is 13.8 Å². The number of hydrogen-bond acceptors (Lipinski definition) is 5. The molecule has 0 bridgehead atoms. The topological polar surface area (TPSA) is 112 Å². The lowest BCUT2D eigenvalue weighted by atomic mass is 9.99. The largest absolute Gasteiger partial charge is 0.480 e. The molecule has 0 saturated carbocycles. The Morgan fingerprint density at radius 2 is 2.18 bits per heavy atom. The van der Waals surface area contributed by atoms with E-state index in [0.717, 1.165) is 11.3 Å². The van der Waals surface area contributed by atoms with Gasteiger partial charge in [-0.05, 0) is 18.4 Å². The zero-order valence-corrected chi connectivity index (χ0v) is 13.3. The molecule has 0 radical (unpaired) electrons. The second kappa shape index (κ2) is 6.27. The maximum atomic E-state index is 12.4. The van der Waals surface area contributed by atoms with Crippen LogP contribution in [0.4, 0.5) is 0 Å². The molecule has 1 amide bonds. The fourth-order valence-corrected chi connectivity index (χ4v) is 3.24. The lowest BCUT2D eigenvalue weighted by Crippen LogP contribution is -2.44. The van der Waals surface area contributed by atoms with E-state index in [2.05, 4.69) is 15.3 Å². The van der Waals surface area contributed by atoms with Crippen molar-refractivity contribution in [1.29, 1.82) is 0 Å². The number of amides is 1. The Balaban J connectivity index is 2.38. The van der Waals surface area contributed by atoms with Crippen molar-refractivity contribution in [2.75, 3.05) is 0 Å². The van der Waals surface area contributed by atoms with Gasteiger partial charge in [0.1, 0.15) is 10.9 Å². The fraction of sp³-hybridized carbons (Fsp3) is 0.429. The van der Waals surface area contributed by atoms with Crippen molar-refractivity contribution >= 4 is 33.4 Å². The average molecular weight is 323 g/mol. The zero-order valence-electron chi connectivity index (χ0n) is 12.5. The first-order valence-electron chi connectivity index (χ1n) is 6.87. The van der Waals surface area contributed by atoms with E-state index in [4.69, 9.17) is 0 Å². The SMILES string of the molecule is CCC(C)C(NC(=O)c1sc2nc[nH]c(=O)c2c1C)C(=O)O. The van der Waals surface area contributed by atoms with Gasteiger partial charge in [0.2, 0.25) is 0 Å². The van der Waals surface area contributed by atoms with Crippen molar-refractivity contribution in [2.24, 2.45) is 5.92 Å². The van der Waals surface area contributed by atoms with E-state index in [1.807, 2.05) is 6.92 Å². The molecule has 0 aromatic carbocycles. The maximum absolute atomic E-state index is 12.4. The molecule has 2 heterocycles. The number of aromatic nitrogens is 2. The summed E-state index contributed by atoms with van der Waals surface area (Å²) < 4.78 is 0. The highest BCUT2D eigenvalue weighted by Gasteiger charge is 2.27. The predicted octanol–water partition coefficient (Wildman–Crippen LogP) is 1.52. The van der Waals surface area contributed by atoms with Gasteiger partial charge in [0.25, 0.3) is 11.5 Å². The van der Waals surface area contributed by atoms with Crippen LogP contribution < -0.4 is 10.9 Å². The van der Waals surface area contributed by atoms with Crippen LogP contribution in [0.25, 0.3) is 10.2 Å². The monoisotopic (exact) mass is 323 g/mol. The van der Waals surface area contributed by atoms with Gasteiger partial charge in [-0.2, -0.15) is 0 Å². The van der Waals surface area contributed by atoms with Gasteiger partial charge in [-0.3, -0.25) is 9.59 Å². The first kappa shape index (κ1) is 16.2. The minimum atomic E-state index is -1.07. The zero-order chi connectivity index (χ0) is 16.4. The highest BCUT2D eigenvalue weighted by molar-refractivity contribution is 7.20. The van der Waals surface area contributed by atoms with Crippen LogP contribution in [0.2, 0.25) is 0 Å². The summed E-state index contributed by atoms with van der Waals surface area (Å²) in [6, 6.07) is -0.964. The number of fused-ring (bicyclic) bond motifs is 1. The summed E-state index contributed by atoms with van der Waals surface area (Å²) in [5.74, 6) is -1.76. The van der Waals surface area contributed by atoms with E-state index in [0.29, 0.717) is 27.1 Å². The van der Waals surface area contributed by atoms with Gasteiger partial charge in [-0.25, -0.2) is 9.78 Å². The van der Waals surface area contributed by atoms with Crippen LogP contribution in [-0.2, 0) is 4.79 Å². The minimum Gasteiger partial charge on any atom is -0.480 e. The molecular weight excluding hydrogens is 306 g/mol. The third-order valence-corrected chi connectivity index (χ3v) is 4.90. The Labute approximate surface area is 130 Å². The number of carbonyl (C=O) groups is 2. The van der Waals surface area contributed by atoms with E-state index in [1.165, 1.54) is 6.33 Å². The number of hydrogen-bond donors (Lipinski definition) is 3. The molecule has 0 fully saturated rings. The van der Waals surface area contributed by atoms with Crippen molar-refractivity contribution in [2.45, 2.75) is 33.2 Å². The smallest absolute Gasteiger partial charge is 0.326 e. The molecule has 8 heteroatoms. The van der Waals surface area contributed by atoms with Crippen molar-refractivity contribution in [1.82, 2.24) is 15.3 Å². The molecule has 118 valence electrons. The molecule has 7 nitrogen and oxygen atoms in total. The van der Waals surface area contributed by atoms with Crippen molar-refractivity contribution in [3.8, 4) is 0 Å². The third-order valence-electron chi connectivity index (χ3n) is 3.70. The van der Waals surface area contributed by atoms with Gasteiger partial charge in [-0.15, -0.1) is 11.3 Å². The molecule has 0 spiro atoms. The molecule has 22 heavy (non-hydrogen) atoms. The second-order valence-corrected chi connectivity index (χ2v) is 6.14. The number of aromatic amines is 1. The summed E-state index contributed by atoms with van der Waals surface area (Å²) >= 11 is 1.08. The Hall–Kier alpha value is -2.22. The molecule has 3 N–H and O–H groups in total. The normalized spacial score (nSPS) is 13.8. The first-order valence-corrected chi connectivity index (χ1v) is 7.68. The Bertz CT molecular complexity index is 780. The average Bonchev–Trinajstić information content (AvgIpc) is 2.82. The standard InChI is InChI=1S/C14H17N3O4S/c1-4-6(2)9(14(20)21)17-12(19)10-7(3)8-11(18)15-5-16-13(8)22-10/h5-6,9H,4H2,1-3H3,(H,17,19)(H,20,21)(H,15,16,18). The van der Waals surface area contributed by atoms with Gasteiger partial charge in [0, 0.05) is 0 Å². The third kappa shape index (κ3) is 2.87. The van der Waals surface area contributed by atoms with Crippen LogP contribution in [0, 0.1) is 12.8 Å². The fourth-order valence-electron chi connectivity index (χ4n) is 2.18. The lowest BCUT2D eigenvalue weighted by Gasteiger charge is -2.19. The predicted molar refractivity (Wildman–Crippen MR) is 83.3 cm³/mol. The van der Waals surface area contributed by atoms with Gasteiger partial charge in [0.15, 0.2) is 0 Å². The number of aliphatic carboxylic acids is 1. The van der Waals surface area contributed by atoms with Gasteiger partial charge in [-0.1, -0.05) is 20.3 Å². The molecular formula is C14H17N3O4S. The number of carbonyl (C=O) groups excluding carboxylic acids is 1. The quantitative estimate of drug-likeness (QED) is 0.772. The van der Waals surface area contributed by atoms with Crippen LogP contribution in [0.1, 0.15) is 35.5 Å². The van der Waals surface area contributed by atoms with E-state index >= 15 is 0 Å². The Morgan fingerprint density at radius 3 is 2.73 bits per heavy atom. The molecule has 0 aliphatic carbocycles. The number of thiophene rings is 1. The van der Waals surface area contributed by atoms with Gasteiger partial charge < -0.3 is 15.4 Å². The van der Waals surface area contributed by atoms with Crippen molar-refractivity contribution in [3.05, 3.63) is 27.1 Å². The Morgan fingerprint density at radius 1 is 1.50 bits per heavy atom. The van der Waals surface area contributed by atoms with Crippen LogP contribution in [0.15, 0.2) is 11.1 Å². The molecule has 0 aliphatic rings. The summed E-state index contributed by atoms with van der Waals surface area (Å²) in [5.41, 5.74) is 0.203. The summed E-state index contributed by atoms with van der Waals surface area (Å²) in [6.45, 7) is 5.29. The molecule has 2 rings (SSSR count).